The molecule has 1 aromatic carbocycles. The van der Waals surface area contributed by atoms with E-state index in [1.54, 1.807) is 26.8 Å². The topological polar surface area (TPSA) is 63.6 Å². The standard InChI is InChI=1S/C17H23O4.W/c1-7-14(19)21-13-8-10(2)16(20)12(4)15(13)17(5,6)9-11(3)18;/h8,20H,3,7,9H2,1-2,4-6H3;/q-1;. The van der Waals surface area contributed by atoms with Crippen LogP contribution in [0.25, 0.3) is 0 Å². The average molecular weight is 475 g/mol. The molecular formula is C17H23O4W-. The van der Waals surface area contributed by atoms with Gasteiger partial charge in [-0.1, -0.05) is 20.8 Å². The van der Waals surface area contributed by atoms with Crippen LogP contribution >= 0.6 is 0 Å². The maximum absolute atomic E-state index is 11.6. The molecule has 1 aromatic rings. The Bertz CT molecular complexity index is 577. The molecule has 0 saturated heterocycles. The summed E-state index contributed by atoms with van der Waals surface area (Å²) in [5, 5.41) is 10.2. The minimum Gasteiger partial charge on any atom is -0.507 e. The number of aromatic hydroxyl groups is 1. The van der Waals surface area contributed by atoms with Crippen LogP contribution in [-0.4, -0.2) is 16.9 Å². The van der Waals surface area contributed by atoms with Crippen molar-refractivity contribution in [3.63, 3.8) is 0 Å². The molecule has 122 valence electrons. The Morgan fingerprint density at radius 3 is 2.32 bits per heavy atom. The van der Waals surface area contributed by atoms with Crippen molar-refractivity contribution in [3.8, 4) is 11.5 Å². The third-order valence-corrected chi connectivity index (χ3v) is 3.53. The van der Waals surface area contributed by atoms with Gasteiger partial charge in [-0.3, -0.25) is 4.79 Å². The molecule has 0 saturated carbocycles. The van der Waals surface area contributed by atoms with Gasteiger partial charge in [0.05, 0.1) is 0 Å². The zero-order valence-corrected chi connectivity index (χ0v) is 16.7. The van der Waals surface area contributed by atoms with Gasteiger partial charge in [0.25, 0.3) is 0 Å². The van der Waals surface area contributed by atoms with Crippen molar-refractivity contribution >= 4 is 11.8 Å². The van der Waals surface area contributed by atoms with Crippen molar-refractivity contribution in [2.24, 2.45) is 0 Å². The van der Waals surface area contributed by atoms with Crippen molar-refractivity contribution in [2.75, 3.05) is 0 Å². The van der Waals surface area contributed by atoms with Crippen LogP contribution in [0.2, 0.25) is 0 Å². The van der Waals surface area contributed by atoms with Gasteiger partial charge in [-0.25, -0.2) is 0 Å². The number of esters is 1. The third kappa shape index (κ3) is 4.61. The van der Waals surface area contributed by atoms with Gasteiger partial charge in [0, 0.05) is 33.0 Å². The van der Waals surface area contributed by atoms with E-state index in [0.717, 1.165) is 0 Å². The number of rotatable bonds is 5. The Labute approximate surface area is 146 Å². The Kier molecular flexibility index (Phi) is 7.37. The molecule has 0 radical (unpaired) electrons. The number of aryl methyl sites for hydroxylation is 1. The first-order chi connectivity index (χ1) is 9.60. The van der Waals surface area contributed by atoms with Crippen molar-refractivity contribution in [2.45, 2.75) is 52.9 Å². The van der Waals surface area contributed by atoms with E-state index in [1.165, 1.54) is 0 Å². The number of ether oxygens (including phenoxy) is 1. The molecular weight excluding hydrogens is 452 g/mol. The normalized spacial score (nSPS) is 10.8. The fourth-order valence-electron chi connectivity index (χ4n) is 2.63. The molecule has 0 aliphatic carbocycles. The first kappa shape index (κ1) is 20.7. The van der Waals surface area contributed by atoms with Crippen molar-refractivity contribution in [1.29, 1.82) is 0 Å². The van der Waals surface area contributed by atoms with Gasteiger partial charge >= 0.3 is 5.97 Å². The molecule has 0 spiro atoms. The summed E-state index contributed by atoms with van der Waals surface area (Å²) in [7, 11) is 0. The van der Waals surface area contributed by atoms with Crippen LogP contribution in [0.3, 0.4) is 0 Å². The van der Waals surface area contributed by atoms with Crippen LogP contribution in [-0.2, 0) is 36.1 Å². The molecule has 0 unspecified atom stereocenters. The summed E-state index contributed by atoms with van der Waals surface area (Å²) in [4.78, 5) is 23.0. The number of carbonyl (C=O) groups excluding carboxylic acids is 2. The van der Waals surface area contributed by atoms with Crippen LogP contribution in [0.4, 0.5) is 0 Å². The summed E-state index contributed by atoms with van der Waals surface area (Å²) in [6.45, 7) is 12.4. The van der Waals surface area contributed by atoms with Gasteiger partial charge in [0.15, 0.2) is 0 Å². The Morgan fingerprint density at radius 2 is 1.86 bits per heavy atom. The van der Waals surface area contributed by atoms with Crippen LogP contribution in [0.15, 0.2) is 6.07 Å². The predicted octanol–water partition coefficient (Wildman–Crippen LogP) is 3.39. The van der Waals surface area contributed by atoms with E-state index in [2.05, 4.69) is 6.92 Å². The second-order valence-electron chi connectivity index (χ2n) is 5.97. The third-order valence-electron chi connectivity index (χ3n) is 3.53. The molecule has 0 amide bonds. The van der Waals surface area contributed by atoms with Crippen LogP contribution in [0.1, 0.15) is 50.3 Å². The van der Waals surface area contributed by atoms with Crippen molar-refractivity contribution in [1.82, 2.24) is 0 Å². The van der Waals surface area contributed by atoms with Crippen molar-refractivity contribution in [3.05, 3.63) is 29.7 Å². The molecule has 0 fully saturated rings. The average Bonchev–Trinajstić information content (AvgIpc) is 2.33. The number of phenols is 1. The molecule has 0 aliphatic rings. The number of Topliss-reactive ketones (excluding diaryl/α,β-unsaturated/α-hetero) is 1. The molecule has 0 aliphatic heterocycles. The smallest absolute Gasteiger partial charge is 0.310 e. The first-order valence-electron chi connectivity index (χ1n) is 6.99. The van der Waals surface area contributed by atoms with Gasteiger partial charge in [-0.15, -0.1) is 0 Å². The van der Waals surface area contributed by atoms with Crippen LogP contribution in [0, 0.1) is 20.8 Å². The summed E-state index contributed by atoms with van der Waals surface area (Å²) in [5.74, 6) is 0.0107. The second-order valence-corrected chi connectivity index (χ2v) is 5.97. The van der Waals surface area contributed by atoms with E-state index in [9.17, 15) is 14.7 Å². The van der Waals surface area contributed by atoms with Gasteiger partial charge < -0.3 is 21.6 Å². The van der Waals surface area contributed by atoms with E-state index in [4.69, 9.17) is 4.74 Å². The molecule has 1 N–H and O–H groups in total. The van der Waals surface area contributed by atoms with E-state index in [0.29, 0.717) is 22.4 Å². The molecule has 22 heavy (non-hydrogen) atoms. The zero-order valence-electron chi connectivity index (χ0n) is 13.8. The fraction of sp³-hybridized carbons (Fsp3) is 0.471. The largest absolute Gasteiger partial charge is 0.507 e. The summed E-state index contributed by atoms with van der Waals surface area (Å²) >= 11 is 0. The Balaban J connectivity index is 0.00000441. The van der Waals surface area contributed by atoms with Crippen LogP contribution < -0.4 is 4.74 Å². The van der Waals surface area contributed by atoms with E-state index < -0.39 is 5.41 Å². The van der Waals surface area contributed by atoms with Gasteiger partial charge in [0.1, 0.15) is 11.5 Å². The summed E-state index contributed by atoms with van der Waals surface area (Å²) < 4.78 is 5.40. The molecule has 0 aromatic heterocycles. The quantitative estimate of drug-likeness (QED) is 0.403. The number of hydrogen-bond donors (Lipinski definition) is 1. The number of ketones is 1. The van der Waals surface area contributed by atoms with Crippen LogP contribution in [0.5, 0.6) is 11.5 Å². The monoisotopic (exact) mass is 475 g/mol. The molecule has 0 atom stereocenters. The summed E-state index contributed by atoms with van der Waals surface area (Å²) in [6.07, 6.45) is 0.458. The first-order valence-corrected chi connectivity index (χ1v) is 6.99. The maximum atomic E-state index is 11.6. The molecule has 0 heterocycles. The summed E-state index contributed by atoms with van der Waals surface area (Å²) in [5.41, 5.74) is 1.34. The Morgan fingerprint density at radius 1 is 1.32 bits per heavy atom. The van der Waals surface area contributed by atoms with E-state index >= 15 is 0 Å². The molecule has 5 heteroatoms. The van der Waals surface area contributed by atoms with Gasteiger partial charge in [0.2, 0.25) is 0 Å². The van der Waals surface area contributed by atoms with E-state index in [1.807, 2.05) is 13.8 Å². The number of hydrogen-bond acceptors (Lipinski definition) is 4. The predicted molar refractivity (Wildman–Crippen MR) is 81.5 cm³/mol. The van der Waals surface area contributed by atoms with Crippen molar-refractivity contribution < 1.29 is 40.5 Å². The minimum atomic E-state index is -0.586. The second kappa shape index (κ2) is 7.82. The zero-order chi connectivity index (χ0) is 16.4. The SMILES string of the molecule is [CH2-]C(=O)CC(C)(C)c1c(OC(=O)CC)cc(C)c(O)c1C.[W]. The number of phenolic OH excluding ortho intramolecular Hbond substituents is 1. The number of carbonyl (C=O) groups is 2. The minimum absolute atomic E-state index is 0. The van der Waals surface area contributed by atoms with Gasteiger partial charge in [-0.05, 0) is 48.7 Å². The van der Waals surface area contributed by atoms with E-state index in [-0.39, 0.29) is 51.4 Å². The maximum Gasteiger partial charge on any atom is 0.310 e. The molecule has 4 nitrogen and oxygen atoms in total. The molecule has 0 bridgehead atoms. The Hall–Kier alpha value is -1.28. The fourth-order valence-corrected chi connectivity index (χ4v) is 2.63. The summed E-state index contributed by atoms with van der Waals surface area (Å²) in [6, 6.07) is 1.64. The molecule has 1 rings (SSSR count). The number of benzene rings is 1. The van der Waals surface area contributed by atoms with Gasteiger partial charge in [-0.2, -0.15) is 0 Å².